The fraction of sp³-hybridized carbons (Fsp3) is 0.150. The Morgan fingerprint density at radius 3 is 2.67 bits per heavy atom. The Balaban J connectivity index is 1.70. The first-order valence-corrected chi connectivity index (χ1v) is 8.28. The minimum atomic E-state index is -0.377. The molecule has 0 aliphatic heterocycles. The molecule has 0 fully saturated rings. The molecule has 0 bridgehead atoms. The summed E-state index contributed by atoms with van der Waals surface area (Å²) in [5.41, 5.74) is 6.24. The Hall–Kier alpha value is -3.61. The van der Waals surface area contributed by atoms with Crippen molar-refractivity contribution in [2.75, 3.05) is 14.2 Å². The van der Waals surface area contributed by atoms with E-state index in [9.17, 15) is 4.79 Å². The number of aromatic nitrogens is 2. The predicted molar refractivity (Wildman–Crippen MR) is 103 cm³/mol. The van der Waals surface area contributed by atoms with Crippen LogP contribution in [-0.4, -0.2) is 36.5 Å². The van der Waals surface area contributed by atoms with E-state index < -0.39 is 0 Å². The first-order chi connectivity index (χ1) is 13.1. The minimum Gasteiger partial charge on any atom is -0.493 e. The zero-order valence-corrected chi connectivity index (χ0v) is 15.3. The molecule has 0 saturated carbocycles. The van der Waals surface area contributed by atoms with E-state index in [2.05, 4.69) is 20.7 Å². The van der Waals surface area contributed by atoms with Gasteiger partial charge in [-0.1, -0.05) is 29.8 Å². The molecule has 2 N–H and O–H groups in total. The third-order valence-electron chi connectivity index (χ3n) is 3.92. The van der Waals surface area contributed by atoms with Gasteiger partial charge in [-0.2, -0.15) is 10.2 Å². The maximum absolute atomic E-state index is 12.2. The summed E-state index contributed by atoms with van der Waals surface area (Å²) in [5.74, 6) is 0.838. The van der Waals surface area contributed by atoms with E-state index in [1.165, 1.54) is 0 Å². The number of hydrazone groups is 1. The fourth-order valence-corrected chi connectivity index (χ4v) is 2.56. The summed E-state index contributed by atoms with van der Waals surface area (Å²) in [6.45, 7) is 2.00. The number of nitrogens with zero attached hydrogens (tertiary/aromatic N) is 2. The van der Waals surface area contributed by atoms with Gasteiger partial charge in [0.1, 0.15) is 5.69 Å². The number of H-pyrrole nitrogens is 1. The fourth-order valence-electron chi connectivity index (χ4n) is 2.56. The van der Waals surface area contributed by atoms with Gasteiger partial charge < -0.3 is 9.47 Å². The van der Waals surface area contributed by atoms with Gasteiger partial charge in [0.05, 0.1) is 26.1 Å². The summed E-state index contributed by atoms with van der Waals surface area (Å²) in [6, 6.07) is 14.9. The normalized spacial score (nSPS) is 10.8. The lowest BCUT2D eigenvalue weighted by molar-refractivity contribution is 0.0950. The van der Waals surface area contributed by atoms with Gasteiger partial charge in [0.2, 0.25) is 0 Å². The number of aryl methyl sites for hydroxylation is 1. The summed E-state index contributed by atoms with van der Waals surface area (Å²) >= 11 is 0. The topological polar surface area (TPSA) is 88.6 Å². The molecule has 1 amide bonds. The monoisotopic (exact) mass is 364 g/mol. The van der Waals surface area contributed by atoms with Crippen molar-refractivity contribution >= 4 is 12.1 Å². The molecule has 0 spiro atoms. The highest BCUT2D eigenvalue weighted by Crippen LogP contribution is 2.31. The second-order valence-electron chi connectivity index (χ2n) is 5.85. The van der Waals surface area contributed by atoms with Gasteiger partial charge in [0.25, 0.3) is 5.91 Å². The largest absolute Gasteiger partial charge is 0.493 e. The Kier molecular flexibility index (Phi) is 5.51. The lowest BCUT2D eigenvalue weighted by atomic mass is 10.1. The second kappa shape index (κ2) is 8.18. The molecule has 3 rings (SSSR count). The number of aromatic amines is 1. The van der Waals surface area contributed by atoms with Crippen LogP contribution in [0.1, 0.15) is 21.6 Å². The minimum absolute atomic E-state index is 0.307. The molecule has 0 atom stereocenters. The van der Waals surface area contributed by atoms with Crippen LogP contribution in [0.15, 0.2) is 53.6 Å². The van der Waals surface area contributed by atoms with Crippen molar-refractivity contribution in [3.05, 3.63) is 65.4 Å². The number of amides is 1. The van der Waals surface area contributed by atoms with Gasteiger partial charge in [-0.3, -0.25) is 9.89 Å². The average molecular weight is 364 g/mol. The van der Waals surface area contributed by atoms with Gasteiger partial charge >= 0.3 is 0 Å². The van der Waals surface area contributed by atoms with E-state index in [0.717, 1.165) is 16.7 Å². The van der Waals surface area contributed by atoms with Crippen molar-refractivity contribution < 1.29 is 14.3 Å². The van der Waals surface area contributed by atoms with Crippen molar-refractivity contribution in [1.82, 2.24) is 15.6 Å². The third-order valence-corrected chi connectivity index (χ3v) is 3.92. The number of rotatable bonds is 6. The number of methoxy groups -OCH3 is 2. The van der Waals surface area contributed by atoms with Gasteiger partial charge in [0.15, 0.2) is 11.5 Å². The third kappa shape index (κ3) is 4.33. The Morgan fingerprint density at radius 1 is 1.11 bits per heavy atom. The van der Waals surface area contributed by atoms with Crippen LogP contribution in [0.2, 0.25) is 0 Å². The zero-order chi connectivity index (χ0) is 19.2. The second-order valence-corrected chi connectivity index (χ2v) is 5.85. The molecule has 7 heteroatoms. The van der Waals surface area contributed by atoms with Crippen LogP contribution in [0.3, 0.4) is 0 Å². The molecule has 0 aliphatic carbocycles. The zero-order valence-electron chi connectivity index (χ0n) is 15.3. The van der Waals surface area contributed by atoms with E-state index in [0.29, 0.717) is 22.9 Å². The maximum Gasteiger partial charge on any atom is 0.289 e. The van der Waals surface area contributed by atoms with Crippen LogP contribution in [0.25, 0.3) is 11.3 Å². The molecular weight excluding hydrogens is 344 g/mol. The number of carbonyl (C=O) groups is 1. The van der Waals surface area contributed by atoms with E-state index in [1.54, 1.807) is 38.6 Å². The SMILES string of the molecule is COc1ccc(-c2cc(C(=O)NN=Cc3cccc(C)c3)[nH]n2)cc1OC. The summed E-state index contributed by atoms with van der Waals surface area (Å²) in [6.07, 6.45) is 1.59. The molecule has 7 nitrogen and oxygen atoms in total. The smallest absolute Gasteiger partial charge is 0.289 e. The number of ether oxygens (including phenoxy) is 2. The lowest BCUT2D eigenvalue weighted by Crippen LogP contribution is -2.18. The predicted octanol–water partition coefficient (Wildman–Crippen LogP) is 3.17. The number of carbonyl (C=O) groups excluding carboxylic acids is 1. The highest BCUT2D eigenvalue weighted by Gasteiger charge is 2.12. The molecule has 3 aromatic rings. The van der Waals surface area contributed by atoms with Crippen molar-refractivity contribution in [2.45, 2.75) is 6.92 Å². The Morgan fingerprint density at radius 2 is 1.93 bits per heavy atom. The number of nitrogens with one attached hydrogen (secondary N) is 2. The summed E-state index contributed by atoms with van der Waals surface area (Å²) in [4.78, 5) is 12.2. The molecule has 138 valence electrons. The molecular formula is C20H20N4O3. The van der Waals surface area contributed by atoms with Crippen molar-refractivity contribution in [3.63, 3.8) is 0 Å². The molecule has 1 aromatic heterocycles. The molecule has 0 aliphatic rings. The van der Waals surface area contributed by atoms with Crippen LogP contribution < -0.4 is 14.9 Å². The van der Waals surface area contributed by atoms with E-state index >= 15 is 0 Å². The maximum atomic E-state index is 12.2. The van der Waals surface area contributed by atoms with Crippen LogP contribution in [0, 0.1) is 6.92 Å². The standard InChI is InChI=1S/C20H20N4O3/c1-13-5-4-6-14(9-13)12-21-24-20(25)17-11-16(22-23-17)15-7-8-18(26-2)19(10-15)27-3/h4-12H,1-3H3,(H,22,23)(H,24,25). The Labute approximate surface area is 157 Å². The molecule has 1 heterocycles. The summed E-state index contributed by atoms with van der Waals surface area (Å²) < 4.78 is 10.5. The van der Waals surface area contributed by atoms with Gasteiger partial charge in [-0.25, -0.2) is 5.43 Å². The molecule has 2 aromatic carbocycles. The van der Waals surface area contributed by atoms with Gasteiger partial charge in [-0.15, -0.1) is 0 Å². The van der Waals surface area contributed by atoms with Crippen molar-refractivity contribution in [2.24, 2.45) is 5.10 Å². The molecule has 0 radical (unpaired) electrons. The Bertz CT molecular complexity index is 979. The van der Waals surface area contributed by atoms with Crippen LogP contribution >= 0.6 is 0 Å². The van der Waals surface area contributed by atoms with Crippen molar-refractivity contribution in [3.8, 4) is 22.8 Å². The van der Waals surface area contributed by atoms with Crippen molar-refractivity contribution in [1.29, 1.82) is 0 Å². The quantitative estimate of drug-likeness (QED) is 0.519. The summed E-state index contributed by atoms with van der Waals surface area (Å²) in [5, 5.41) is 10.9. The lowest BCUT2D eigenvalue weighted by Gasteiger charge is -2.08. The van der Waals surface area contributed by atoms with Gasteiger partial charge in [-0.05, 0) is 36.8 Å². The summed E-state index contributed by atoms with van der Waals surface area (Å²) in [7, 11) is 3.14. The highest BCUT2D eigenvalue weighted by atomic mass is 16.5. The number of hydrogen-bond acceptors (Lipinski definition) is 5. The first-order valence-electron chi connectivity index (χ1n) is 8.28. The van der Waals surface area contributed by atoms with E-state index in [1.807, 2.05) is 37.3 Å². The highest BCUT2D eigenvalue weighted by molar-refractivity contribution is 5.94. The number of benzene rings is 2. The molecule has 0 unspecified atom stereocenters. The van der Waals surface area contributed by atoms with Crippen LogP contribution in [0.4, 0.5) is 0 Å². The van der Waals surface area contributed by atoms with E-state index in [-0.39, 0.29) is 5.91 Å². The number of hydrogen-bond donors (Lipinski definition) is 2. The van der Waals surface area contributed by atoms with Crippen LogP contribution in [0.5, 0.6) is 11.5 Å². The van der Waals surface area contributed by atoms with E-state index in [4.69, 9.17) is 9.47 Å². The molecule has 27 heavy (non-hydrogen) atoms. The van der Waals surface area contributed by atoms with Gasteiger partial charge in [0, 0.05) is 5.56 Å². The first kappa shape index (κ1) is 18.2. The average Bonchev–Trinajstić information content (AvgIpc) is 3.17. The van der Waals surface area contributed by atoms with Crippen LogP contribution in [-0.2, 0) is 0 Å². The molecule has 0 saturated heterocycles.